The van der Waals surface area contributed by atoms with Crippen LogP contribution in [0.3, 0.4) is 0 Å². The van der Waals surface area contributed by atoms with Crippen LogP contribution in [-0.2, 0) is 27.2 Å². The second-order valence-corrected chi connectivity index (χ2v) is 2.79. The van der Waals surface area contributed by atoms with E-state index in [4.69, 9.17) is 0 Å². The summed E-state index contributed by atoms with van der Waals surface area (Å²) in [6.45, 7) is 2.07. The van der Waals surface area contributed by atoms with E-state index in [0.29, 0.717) is 0 Å². The van der Waals surface area contributed by atoms with Gasteiger partial charge in [-0.2, -0.15) is 17.5 Å². The van der Waals surface area contributed by atoms with Crippen molar-refractivity contribution in [3.05, 3.63) is 36.0 Å². The van der Waals surface area contributed by atoms with Crippen LogP contribution in [0, 0.1) is 13.0 Å². The third-order valence-corrected chi connectivity index (χ3v) is 2.08. The van der Waals surface area contributed by atoms with Gasteiger partial charge in [-0.1, -0.05) is 23.3 Å². The molecule has 0 saturated carbocycles. The van der Waals surface area contributed by atoms with Crippen LogP contribution >= 0.6 is 0 Å². The molecule has 2 heteroatoms. The van der Waals surface area contributed by atoms with Crippen molar-refractivity contribution >= 4 is 10.9 Å². The quantitative estimate of drug-likeness (QED) is 0.651. The average molecular weight is 336 g/mol. The fourth-order valence-electron chi connectivity index (χ4n) is 1.33. The summed E-state index contributed by atoms with van der Waals surface area (Å²) in [7, 11) is 2.06. The maximum atomic E-state index is 3.29. The van der Waals surface area contributed by atoms with Crippen molar-refractivity contribution in [2.24, 2.45) is 7.05 Å². The molecule has 2 rings (SSSR count). The van der Waals surface area contributed by atoms with Gasteiger partial charge in [0.1, 0.15) is 0 Å². The van der Waals surface area contributed by atoms with Crippen LogP contribution in [0.15, 0.2) is 24.3 Å². The van der Waals surface area contributed by atoms with Gasteiger partial charge in [-0.05, 0) is 14.0 Å². The fraction of sp³-hybridized carbons (Fsp3) is 0.200. The van der Waals surface area contributed by atoms with E-state index in [-0.39, 0.29) is 20.1 Å². The van der Waals surface area contributed by atoms with Crippen LogP contribution in [0.25, 0.3) is 10.9 Å². The number of benzene rings is 1. The predicted octanol–water partition coefficient (Wildman–Crippen LogP) is 2.28. The van der Waals surface area contributed by atoms with E-state index < -0.39 is 0 Å². The molecule has 1 nitrogen and oxygen atoms in total. The largest absolute Gasteiger partial charge is 0.411 e. The summed E-state index contributed by atoms with van der Waals surface area (Å²) in [5.74, 6) is 0. The Morgan fingerprint density at radius 3 is 2.58 bits per heavy atom. The molecule has 1 aromatic heterocycles. The van der Waals surface area contributed by atoms with Gasteiger partial charge in [-0.25, -0.2) is 0 Å². The van der Waals surface area contributed by atoms with Gasteiger partial charge >= 0.3 is 0 Å². The molecule has 1 heterocycles. The Morgan fingerprint density at radius 1 is 1.25 bits per heavy atom. The molecule has 0 amide bonds. The minimum absolute atomic E-state index is 0. The monoisotopic (exact) mass is 337 g/mol. The van der Waals surface area contributed by atoms with Gasteiger partial charge in [-0.3, -0.25) is 0 Å². The Balaban J connectivity index is 0.000000720. The van der Waals surface area contributed by atoms with Crippen molar-refractivity contribution in [2.45, 2.75) is 6.92 Å². The molecule has 0 atom stereocenters. The third-order valence-electron chi connectivity index (χ3n) is 2.08. The molecule has 12 heavy (non-hydrogen) atoms. The van der Waals surface area contributed by atoms with Crippen molar-refractivity contribution in [3.63, 3.8) is 0 Å². The van der Waals surface area contributed by atoms with Gasteiger partial charge in [0.2, 0.25) is 0 Å². The average Bonchev–Trinajstić information content (AvgIpc) is 2.30. The molecule has 1 aromatic carbocycles. The zero-order valence-electron chi connectivity index (χ0n) is 7.09. The SMILES string of the molecule is Cc1[c-]c2ccccc2n1C.[Ir]. The van der Waals surface area contributed by atoms with Crippen LogP contribution in [0.4, 0.5) is 0 Å². The molecular formula is C10H10IrN-. The van der Waals surface area contributed by atoms with Crippen molar-refractivity contribution in [2.75, 3.05) is 0 Å². The Morgan fingerprint density at radius 2 is 1.92 bits per heavy atom. The Bertz CT molecular complexity index is 390. The Kier molecular flexibility index (Phi) is 2.71. The van der Waals surface area contributed by atoms with Crippen molar-refractivity contribution in [3.8, 4) is 0 Å². The molecule has 0 aliphatic rings. The molecular weight excluding hydrogens is 326 g/mol. The maximum Gasteiger partial charge on any atom is 0 e. The second kappa shape index (κ2) is 3.42. The number of fused-ring (bicyclic) bond motifs is 1. The summed E-state index contributed by atoms with van der Waals surface area (Å²) in [6, 6.07) is 11.6. The zero-order valence-corrected chi connectivity index (χ0v) is 9.49. The van der Waals surface area contributed by atoms with Crippen LogP contribution < -0.4 is 0 Å². The van der Waals surface area contributed by atoms with Gasteiger partial charge in [0.05, 0.1) is 0 Å². The van der Waals surface area contributed by atoms with Gasteiger partial charge < -0.3 is 4.57 Å². The number of hydrogen-bond donors (Lipinski definition) is 0. The molecule has 0 spiro atoms. The van der Waals surface area contributed by atoms with Gasteiger partial charge in [0, 0.05) is 20.1 Å². The normalized spacial score (nSPS) is 9.83. The van der Waals surface area contributed by atoms with Gasteiger partial charge in [0.15, 0.2) is 0 Å². The fourth-order valence-corrected chi connectivity index (χ4v) is 1.33. The summed E-state index contributed by atoms with van der Waals surface area (Å²) in [5, 5.41) is 1.20. The summed E-state index contributed by atoms with van der Waals surface area (Å²) < 4.78 is 2.15. The number of nitrogens with zero attached hydrogens (tertiary/aromatic N) is 1. The minimum Gasteiger partial charge on any atom is -0.411 e. The summed E-state index contributed by atoms with van der Waals surface area (Å²) in [4.78, 5) is 0. The summed E-state index contributed by atoms with van der Waals surface area (Å²) >= 11 is 0. The number of aromatic nitrogens is 1. The Labute approximate surface area is 85.7 Å². The first-order valence-corrected chi connectivity index (χ1v) is 3.72. The van der Waals surface area contributed by atoms with Crippen molar-refractivity contribution in [1.29, 1.82) is 0 Å². The second-order valence-electron chi connectivity index (χ2n) is 2.79. The smallest absolute Gasteiger partial charge is 0 e. The number of para-hydroxylation sites is 1. The van der Waals surface area contributed by atoms with E-state index in [9.17, 15) is 0 Å². The van der Waals surface area contributed by atoms with Crippen molar-refractivity contribution < 1.29 is 20.1 Å². The van der Waals surface area contributed by atoms with E-state index in [0.717, 1.165) is 0 Å². The molecule has 0 saturated heterocycles. The first-order valence-electron chi connectivity index (χ1n) is 3.72. The molecule has 0 fully saturated rings. The number of hydrogen-bond acceptors (Lipinski definition) is 0. The summed E-state index contributed by atoms with van der Waals surface area (Å²) in [6.07, 6.45) is 0. The molecule has 0 unspecified atom stereocenters. The van der Waals surface area contributed by atoms with E-state index in [1.807, 2.05) is 6.07 Å². The van der Waals surface area contributed by atoms with E-state index in [1.54, 1.807) is 0 Å². The van der Waals surface area contributed by atoms with E-state index in [1.165, 1.54) is 16.6 Å². The third kappa shape index (κ3) is 1.33. The predicted molar refractivity (Wildman–Crippen MR) is 46.5 cm³/mol. The van der Waals surface area contributed by atoms with Gasteiger partial charge in [-0.15, -0.1) is 6.07 Å². The summed E-state index contributed by atoms with van der Waals surface area (Å²) in [5.41, 5.74) is 2.44. The topological polar surface area (TPSA) is 4.93 Å². The molecule has 0 N–H and O–H groups in total. The van der Waals surface area contributed by atoms with Crippen LogP contribution in [0.2, 0.25) is 0 Å². The minimum atomic E-state index is 0. The zero-order chi connectivity index (χ0) is 7.84. The van der Waals surface area contributed by atoms with Crippen molar-refractivity contribution in [1.82, 2.24) is 4.57 Å². The first-order chi connectivity index (χ1) is 5.29. The number of rotatable bonds is 0. The van der Waals surface area contributed by atoms with E-state index in [2.05, 4.69) is 42.8 Å². The Hall–Kier alpha value is -0.591. The van der Waals surface area contributed by atoms with Crippen LogP contribution in [0.1, 0.15) is 5.69 Å². The molecule has 2 aromatic rings. The van der Waals surface area contributed by atoms with Gasteiger partial charge in [0.25, 0.3) is 0 Å². The molecule has 1 radical (unpaired) electrons. The molecule has 0 aliphatic heterocycles. The van der Waals surface area contributed by atoms with Crippen LogP contribution in [-0.4, -0.2) is 4.57 Å². The first kappa shape index (κ1) is 9.50. The molecule has 0 aliphatic carbocycles. The standard InChI is InChI=1S/C10H10N.Ir/c1-8-7-9-5-3-4-6-10(9)11(8)2;/h3-6H,1-2H3;/q-1;. The molecule has 65 valence electrons. The van der Waals surface area contributed by atoms with Crippen LogP contribution in [0.5, 0.6) is 0 Å². The number of aryl methyl sites for hydroxylation is 2. The maximum absolute atomic E-state index is 3.29. The molecule has 0 bridgehead atoms. The van der Waals surface area contributed by atoms with E-state index >= 15 is 0 Å².